The van der Waals surface area contributed by atoms with E-state index in [1.807, 2.05) is 23.1 Å². The molecule has 0 saturated carbocycles. The van der Waals surface area contributed by atoms with Crippen LogP contribution in [0.15, 0.2) is 53.9 Å². The minimum atomic E-state index is -0.515. The number of thiazole rings is 1. The average molecular weight is 496 g/mol. The minimum absolute atomic E-state index is 0.103. The topological polar surface area (TPSA) is 72.0 Å². The molecule has 35 heavy (non-hydrogen) atoms. The monoisotopic (exact) mass is 495 g/mol. The molecule has 1 aliphatic rings. The molecule has 0 spiro atoms. The molecule has 4 rings (SSSR count). The number of amides is 2. The zero-order chi connectivity index (χ0) is 24.9. The number of carbonyl (C=O) groups excluding carboxylic acids is 2. The molecular formula is C26H26FN3O4S. The van der Waals surface area contributed by atoms with Gasteiger partial charge in [0.2, 0.25) is 11.8 Å². The van der Waals surface area contributed by atoms with Gasteiger partial charge in [-0.2, -0.15) is 0 Å². The third-order valence-corrected chi connectivity index (χ3v) is 6.69. The maximum Gasteiger partial charge on any atom is 0.247 e. The van der Waals surface area contributed by atoms with Crippen LogP contribution >= 0.6 is 11.3 Å². The van der Waals surface area contributed by atoms with Crippen molar-refractivity contribution in [2.24, 2.45) is 0 Å². The Morgan fingerprint density at radius 1 is 1.20 bits per heavy atom. The molecule has 0 bridgehead atoms. The summed E-state index contributed by atoms with van der Waals surface area (Å²) in [4.78, 5) is 32.8. The predicted molar refractivity (Wildman–Crippen MR) is 134 cm³/mol. The van der Waals surface area contributed by atoms with Crippen LogP contribution in [0.1, 0.15) is 37.1 Å². The number of para-hydroxylation sites is 1. The summed E-state index contributed by atoms with van der Waals surface area (Å²) in [6, 6.07) is 11.6. The van der Waals surface area contributed by atoms with E-state index in [0.29, 0.717) is 28.9 Å². The molecule has 2 heterocycles. The Kier molecular flexibility index (Phi) is 7.45. The van der Waals surface area contributed by atoms with Crippen LogP contribution in [0.4, 0.5) is 15.2 Å². The SMILES string of the molecule is COc1ccc(C2CCCN2C(=O)/C=C/c2csc(N(C(C)=O)c3ccccc3F)n2)c(OC)c1. The van der Waals surface area contributed by atoms with Crippen LogP contribution in [-0.2, 0) is 9.59 Å². The van der Waals surface area contributed by atoms with Crippen molar-refractivity contribution in [2.75, 3.05) is 25.7 Å². The molecule has 2 amide bonds. The normalized spacial score (nSPS) is 15.4. The van der Waals surface area contributed by atoms with Gasteiger partial charge in [0.15, 0.2) is 5.13 Å². The largest absolute Gasteiger partial charge is 0.497 e. The number of hydrogen-bond donors (Lipinski definition) is 0. The Morgan fingerprint density at radius 2 is 2.00 bits per heavy atom. The van der Waals surface area contributed by atoms with Crippen molar-refractivity contribution < 1.29 is 23.5 Å². The molecule has 1 atom stereocenters. The highest BCUT2D eigenvalue weighted by atomic mass is 32.1. The fraction of sp³-hybridized carbons (Fsp3) is 0.269. The zero-order valence-corrected chi connectivity index (χ0v) is 20.5. The van der Waals surface area contributed by atoms with Crippen molar-refractivity contribution >= 4 is 40.0 Å². The number of aromatic nitrogens is 1. The molecule has 2 aromatic carbocycles. The second-order valence-electron chi connectivity index (χ2n) is 7.99. The lowest BCUT2D eigenvalue weighted by molar-refractivity contribution is -0.126. The van der Waals surface area contributed by atoms with Crippen molar-refractivity contribution in [3.63, 3.8) is 0 Å². The molecule has 1 aliphatic heterocycles. The van der Waals surface area contributed by atoms with Crippen molar-refractivity contribution in [3.05, 3.63) is 71.0 Å². The van der Waals surface area contributed by atoms with Crippen LogP contribution in [0.25, 0.3) is 6.08 Å². The third-order valence-electron chi connectivity index (χ3n) is 5.84. The van der Waals surface area contributed by atoms with Gasteiger partial charge in [0.05, 0.1) is 31.6 Å². The highest BCUT2D eigenvalue weighted by molar-refractivity contribution is 7.14. The molecule has 7 nitrogen and oxygen atoms in total. The van der Waals surface area contributed by atoms with Crippen molar-refractivity contribution in [3.8, 4) is 11.5 Å². The van der Waals surface area contributed by atoms with E-state index in [1.165, 1.54) is 41.4 Å². The first-order chi connectivity index (χ1) is 16.9. The lowest BCUT2D eigenvalue weighted by Crippen LogP contribution is -2.29. The first kappa shape index (κ1) is 24.4. The van der Waals surface area contributed by atoms with Crippen LogP contribution in [0, 0.1) is 5.82 Å². The standard InChI is InChI=1S/C26H26FN3O4S/c1-17(31)30(23-8-5-4-7-21(23)27)26-28-18(16-35-26)10-13-25(32)29-14-6-9-22(29)20-12-11-19(33-2)15-24(20)34-3/h4-5,7-8,10-13,15-16,22H,6,9,14H2,1-3H3/b13-10+. The zero-order valence-electron chi connectivity index (χ0n) is 19.7. The summed E-state index contributed by atoms with van der Waals surface area (Å²) in [5.74, 6) is 0.358. The van der Waals surface area contributed by atoms with Gasteiger partial charge in [-0.3, -0.25) is 14.5 Å². The number of anilines is 2. The molecule has 1 aromatic heterocycles. The van der Waals surface area contributed by atoms with Gasteiger partial charge in [0.1, 0.15) is 17.3 Å². The summed E-state index contributed by atoms with van der Waals surface area (Å²) in [5, 5.41) is 2.06. The fourth-order valence-corrected chi connectivity index (χ4v) is 5.04. The van der Waals surface area contributed by atoms with Crippen molar-refractivity contribution in [2.45, 2.75) is 25.8 Å². The minimum Gasteiger partial charge on any atom is -0.497 e. The molecule has 0 aliphatic carbocycles. The van der Waals surface area contributed by atoms with Crippen LogP contribution in [0.3, 0.4) is 0 Å². The Morgan fingerprint density at radius 3 is 2.71 bits per heavy atom. The molecule has 0 N–H and O–H groups in total. The smallest absolute Gasteiger partial charge is 0.247 e. The van der Waals surface area contributed by atoms with Crippen LogP contribution in [0.5, 0.6) is 11.5 Å². The molecule has 1 saturated heterocycles. The summed E-state index contributed by atoms with van der Waals surface area (Å²) < 4.78 is 25.1. The van der Waals surface area contributed by atoms with E-state index in [-0.39, 0.29) is 23.5 Å². The van der Waals surface area contributed by atoms with Gasteiger partial charge in [0.25, 0.3) is 0 Å². The van der Waals surface area contributed by atoms with Crippen LogP contribution < -0.4 is 14.4 Å². The van der Waals surface area contributed by atoms with Gasteiger partial charge >= 0.3 is 0 Å². The lowest BCUT2D eigenvalue weighted by atomic mass is 10.0. The first-order valence-electron chi connectivity index (χ1n) is 11.1. The van der Waals surface area contributed by atoms with Gasteiger partial charge < -0.3 is 14.4 Å². The number of rotatable bonds is 7. The number of methoxy groups -OCH3 is 2. The number of halogens is 1. The highest BCUT2D eigenvalue weighted by Gasteiger charge is 2.31. The molecule has 3 aromatic rings. The summed E-state index contributed by atoms with van der Waals surface area (Å²) in [5.41, 5.74) is 1.58. The molecule has 182 valence electrons. The van der Waals surface area contributed by atoms with E-state index in [2.05, 4.69) is 4.98 Å². The maximum atomic E-state index is 14.3. The summed E-state index contributed by atoms with van der Waals surface area (Å²) in [6.07, 6.45) is 4.81. The van der Waals surface area contributed by atoms with Gasteiger partial charge in [-0.05, 0) is 43.2 Å². The Hall–Kier alpha value is -3.72. The third kappa shape index (κ3) is 5.19. The Bertz CT molecular complexity index is 1260. The Labute approximate surface area is 207 Å². The van der Waals surface area contributed by atoms with Crippen LogP contribution in [-0.4, -0.2) is 42.5 Å². The number of hydrogen-bond acceptors (Lipinski definition) is 6. The molecule has 9 heteroatoms. The molecular weight excluding hydrogens is 469 g/mol. The molecule has 1 fully saturated rings. The van der Waals surface area contributed by atoms with Crippen molar-refractivity contribution in [1.29, 1.82) is 0 Å². The van der Waals surface area contributed by atoms with Gasteiger partial charge in [-0.15, -0.1) is 11.3 Å². The second kappa shape index (κ2) is 10.7. The molecule has 1 unspecified atom stereocenters. The summed E-state index contributed by atoms with van der Waals surface area (Å²) in [7, 11) is 3.20. The fourth-order valence-electron chi connectivity index (χ4n) is 4.20. The quantitative estimate of drug-likeness (QED) is 0.413. The molecule has 0 radical (unpaired) electrons. The lowest BCUT2D eigenvalue weighted by Gasteiger charge is -2.25. The van der Waals surface area contributed by atoms with E-state index >= 15 is 0 Å². The van der Waals surface area contributed by atoms with E-state index < -0.39 is 5.82 Å². The predicted octanol–water partition coefficient (Wildman–Crippen LogP) is 5.36. The van der Waals surface area contributed by atoms with Crippen LogP contribution in [0.2, 0.25) is 0 Å². The van der Waals surface area contributed by atoms with E-state index in [0.717, 1.165) is 18.4 Å². The number of likely N-dealkylation sites (tertiary alicyclic amines) is 1. The first-order valence-corrected chi connectivity index (χ1v) is 12.0. The van der Waals surface area contributed by atoms with E-state index in [1.54, 1.807) is 37.8 Å². The average Bonchev–Trinajstić information content (AvgIpc) is 3.53. The number of benzene rings is 2. The van der Waals surface area contributed by atoms with E-state index in [9.17, 15) is 14.0 Å². The number of nitrogens with zero attached hydrogens (tertiary/aromatic N) is 3. The van der Waals surface area contributed by atoms with Gasteiger partial charge in [-0.25, -0.2) is 9.37 Å². The Balaban J connectivity index is 1.52. The second-order valence-corrected chi connectivity index (χ2v) is 8.83. The highest BCUT2D eigenvalue weighted by Crippen LogP contribution is 2.39. The van der Waals surface area contributed by atoms with E-state index in [4.69, 9.17) is 9.47 Å². The number of carbonyl (C=O) groups is 2. The maximum absolute atomic E-state index is 14.3. The van der Waals surface area contributed by atoms with Gasteiger partial charge in [-0.1, -0.05) is 12.1 Å². The summed E-state index contributed by atoms with van der Waals surface area (Å²) >= 11 is 1.20. The number of ether oxygens (including phenoxy) is 2. The van der Waals surface area contributed by atoms with Gasteiger partial charge in [0, 0.05) is 36.6 Å². The summed E-state index contributed by atoms with van der Waals surface area (Å²) in [6.45, 7) is 1.99. The van der Waals surface area contributed by atoms with Crippen molar-refractivity contribution in [1.82, 2.24) is 9.88 Å².